The van der Waals surface area contributed by atoms with E-state index in [0.717, 1.165) is 0 Å². The van der Waals surface area contributed by atoms with Gasteiger partial charge in [0, 0.05) is 5.25 Å². The van der Waals surface area contributed by atoms with E-state index in [1.54, 1.807) is 0 Å². The quantitative estimate of drug-likeness (QED) is 0.384. The fourth-order valence-corrected chi connectivity index (χ4v) is 1.74. The van der Waals surface area contributed by atoms with Crippen LogP contribution in [0.3, 0.4) is 0 Å². The minimum absolute atomic E-state index is 0.603. The van der Waals surface area contributed by atoms with E-state index < -0.39 is 0 Å². The Hall–Kier alpha value is 0.310. The van der Waals surface area contributed by atoms with Gasteiger partial charge in [-0.25, -0.2) is 0 Å². The van der Waals surface area contributed by atoms with Crippen LogP contribution < -0.4 is 0 Å². The highest BCUT2D eigenvalue weighted by atomic mass is 32.1. The molecule has 1 heterocycles. The predicted octanol–water partition coefficient (Wildman–Crippen LogP) is 1.24. The number of epoxide rings is 1. The molecule has 0 radical (unpaired) electrons. The molecular formula is C6H10OS. The number of thiol groups is 1. The second-order valence-corrected chi connectivity index (χ2v) is 3.41. The zero-order valence-corrected chi connectivity index (χ0v) is 5.60. The summed E-state index contributed by atoms with van der Waals surface area (Å²) in [5, 5.41) is 0.624. The summed E-state index contributed by atoms with van der Waals surface area (Å²) in [5.74, 6) is 0. The molecule has 0 bridgehead atoms. The van der Waals surface area contributed by atoms with Crippen molar-refractivity contribution in [3.63, 3.8) is 0 Å². The summed E-state index contributed by atoms with van der Waals surface area (Å²) in [4.78, 5) is 0. The Morgan fingerprint density at radius 2 is 2.12 bits per heavy atom. The first-order chi connectivity index (χ1) is 3.86. The van der Waals surface area contributed by atoms with Crippen LogP contribution in [0.5, 0.6) is 0 Å². The van der Waals surface area contributed by atoms with Crippen molar-refractivity contribution >= 4 is 12.6 Å². The minimum atomic E-state index is 0.603. The van der Waals surface area contributed by atoms with Gasteiger partial charge in [-0.2, -0.15) is 12.6 Å². The van der Waals surface area contributed by atoms with E-state index >= 15 is 0 Å². The summed E-state index contributed by atoms with van der Waals surface area (Å²) in [5.41, 5.74) is 0. The first kappa shape index (κ1) is 5.12. The molecule has 2 heteroatoms. The molecule has 1 aliphatic heterocycles. The zero-order chi connectivity index (χ0) is 5.56. The number of hydrogen-bond acceptors (Lipinski definition) is 2. The average Bonchev–Trinajstić information content (AvgIpc) is 2.43. The summed E-state index contributed by atoms with van der Waals surface area (Å²) < 4.78 is 5.30. The van der Waals surface area contributed by atoms with Gasteiger partial charge in [-0.05, 0) is 19.3 Å². The van der Waals surface area contributed by atoms with Crippen molar-refractivity contribution < 1.29 is 4.74 Å². The molecule has 0 aromatic heterocycles. The van der Waals surface area contributed by atoms with Gasteiger partial charge in [0.15, 0.2) is 0 Å². The largest absolute Gasteiger partial charge is 0.370 e. The summed E-state index contributed by atoms with van der Waals surface area (Å²) in [6.07, 6.45) is 4.93. The van der Waals surface area contributed by atoms with E-state index in [-0.39, 0.29) is 0 Å². The average molecular weight is 130 g/mol. The first-order valence-electron chi connectivity index (χ1n) is 3.20. The molecule has 46 valence electrons. The Morgan fingerprint density at radius 1 is 1.25 bits per heavy atom. The molecule has 0 N–H and O–H groups in total. The molecule has 2 aliphatic rings. The van der Waals surface area contributed by atoms with E-state index in [0.29, 0.717) is 17.5 Å². The van der Waals surface area contributed by atoms with Gasteiger partial charge < -0.3 is 4.74 Å². The highest BCUT2D eigenvalue weighted by Crippen LogP contribution is 2.38. The molecule has 3 atom stereocenters. The molecule has 0 spiro atoms. The maximum absolute atomic E-state index is 5.30. The standard InChI is InChI=1S/C6H10OS/c8-4-1-2-5-6(3-4)7-5/h4-6,8H,1-3H2. The van der Waals surface area contributed by atoms with Crippen molar-refractivity contribution in [3.05, 3.63) is 0 Å². The van der Waals surface area contributed by atoms with Gasteiger partial charge >= 0.3 is 0 Å². The van der Waals surface area contributed by atoms with E-state index in [9.17, 15) is 0 Å². The lowest BCUT2D eigenvalue weighted by atomic mass is 10.0. The summed E-state index contributed by atoms with van der Waals surface area (Å²) in [6.45, 7) is 0. The second kappa shape index (κ2) is 1.64. The van der Waals surface area contributed by atoms with Crippen molar-refractivity contribution in [1.29, 1.82) is 0 Å². The van der Waals surface area contributed by atoms with Crippen molar-refractivity contribution in [2.45, 2.75) is 36.7 Å². The van der Waals surface area contributed by atoms with Gasteiger partial charge in [0.1, 0.15) is 0 Å². The van der Waals surface area contributed by atoms with Crippen molar-refractivity contribution in [2.24, 2.45) is 0 Å². The normalized spacial score (nSPS) is 52.9. The SMILES string of the molecule is SC1CCC2OC2C1. The van der Waals surface area contributed by atoms with Crippen LogP contribution in [0.25, 0.3) is 0 Å². The molecular weight excluding hydrogens is 120 g/mol. The second-order valence-electron chi connectivity index (χ2n) is 2.68. The Kier molecular flexibility index (Phi) is 1.05. The number of fused-ring (bicyclic) bond motifs is 1. The Bertz CT molecular complexity index is 105. The highest BCUT2D eigenvalue weighted by Gasteiger charge is 2.42. The molecule has 2 rings (SSSR count). The third-order valence-corrected chi connectivity index (χ3v) is 2.45. The van der Waals surface area contributed by atoms with Crippen molar-refractivity contribution in [1.82, 2.24) is 0 Å². The highest BCUT2D eigenvalue weighted by molar-refractivity contribution is 7.80. The van der Waals surface area contributed by atoms with Crippen LogP contribution in [0.4, 0.5) is 0 Å². The van der Waals surface area contributed by atoms with Gasteiger partial charge in [-0.15, -0.1) is 0 Å². The Balaban J connectivity index is 1.93. The molecule has 2 fully saturated rings. The van der Waals surface area contributed by atoms with Crippen LogP contribution in [0.15, 0.2) is 0 Å². The molecule has 1 saturated carbocycles. The maximum Gasteiger partial charge on any atom is 0.0852 e. The molecule has 3 unspecified atom stereocenters. The third-order valence-electron chi connectivity index (χ3n) is 1.98. The number of rotatable bonds is 0. The van der Waals surface area contributed by atoms with Gasteiger partial charge in [0.2, 0.25) is 0 Å². The van der Waals surface area contributed by atoms with E-state index in [4.69, 9.17) is 4.74 Å². The van der Waals surface area contributed by atoms with Crippen LogP contribution in [0.2, 0.25) is 0 Å². The van der Waals surface area contributed by atoms with Gasteiger partial charge in [-0.3, -0.25) is 0 Å². The zero-order valence-electron chi connectivity index (χ0n) is 4.71. The molecule has 8 heavy (non-hydrogen) atoms. The van der Waals surface area contributed by atoms with Crippen LogP contribution >= 0.6 is 12.6 Å². The lowest BCUT2D eigenvalue weighted by molar-refractivity contribution is 0.373. The molecule has 0 aromatic carbocycles. The monoisotopic (exact) mass is 130 g/mol. The lowest BCUT2D eigenvalue weighted by Crippen LogP contribution is -2.12. The van der Waals surface area contributed by atoms with Crippen LogP contribution in [-0.4, -0.2) is 17.5 Å². The van der Waals surface area contributed by atoms with E-state index in [1.807, 2.05) is 0 Å². The molecule has 0 aromatic rings. The number of ether oxygens (including phenoxy) is 1. The van der Waals surface area contributed by atoms with Gasteiger partial charge in [-0.1, -0.05) is 0 Å². The van der Waals surface area contributed by atoms with E-state index in [2.05, 4.69) is 12.6 Å². The first-order valence-corrected chi connectivity index (χ1v) is 3.71. The fourth-order valence-electron chi connectivity index (χ4n) is 1.38. The molecule has 1 nitrogen and oxygen atoms in total. The van der Waals surface area contributed by atoms with Crippen molar-refractivity contribution in [3.8, 4) is 0 Å². The fraction of sp³-hybridized carbons (Fsp3) is 1.00. The van der Waals surface area contributed by atoms with Gasteiger partial charge in [0.05, 0.1) is 12.2 Å². The molecule has 0 amide bonds. The lowest BCUT2D eigenvalue weighted by Gasteiger charge is -2.10. The minimum Gasteiger partial charge on any atom is -0.370 e. The topological polar surface area (TPSA) is 12.5 Å². The molecule has 1 saturated heterocycles. The van der Waals surface area contributed by atoms with Crippen LogP contribution in [0.1, 0.15) is 19.3 Å². The summed E-state index contributed by atoms with van der Waals surface area (Å²) in [7, 11) is 0. The predicted molar refractivity (Wildman–Crippen MR) is 35.3 cm³/mol. The van der Waals surface area contributed by atoms with E-state index in [1.165, 1.54) is 19.3 Å². The summed E-state index contributed by atoms with van der Waals surface area (Å²) >= 11 is 4.37. The smallest absolute Gasteiger partial charge is 0.0852 e. The van der Waals surface area contributed by atoms with Crippen molar-refractivity contribution in [2.75, 3.05) is 0 Å². The van der Waals surface area contributed by atoms with Crippen LogP contribution in [0, 0.1) is 0 Å². The maximum atomic E-state index is 5.30. The Morgan fingerprint density at radius 3 is 2.75 bits per heavy atom. The summed E-state index contributed by atoms with van der Waals surface area (Å²) in [6, 6.07) is 0. The Labute approximate surface area is 54.8 Å². The number of hydrogen-bond donors (Lipinski definition) is 1. The molecule has 1 aliphatic carbocycles. The van der Waals surface area contributed by atoms with Gasteiger partial charge in [0.25, 0.3) is 0 Å². The van der Waals surface area contributed by atoms with Crippen LogP contribution in [-0.2, 0) is 4.74 Å². The third kappa shape index (κ3) is 0.759.